The van der Waals surface area contributed by atoms with Gasteiger partial charge in [-0.3, -0.25) is 9.10 Å². The second-order valence-corrected chi connectivity index (χ2v) is 8.56. The van der Waals surface area contributed by atoms with E-state index in [-0.39, 0.29) is 18.5 Å². The minimum Gasteiger partial charge on any atom is -0.338 e. The maximum atomic E-state index is 12.8. The predicted molar refractivity (Wildman–Crippen MR) is 97.7 cm³/mol. The minimum absolute atomic E-state index is 0.102. The van der Waals surface area contributed by atoms with E-state index in [9.17, 15) is 13.2 Å². The number of para-hydroxylation sites is 1. The second kappa shape index (κ2) is 7.55. The van der Waals surface area contributed by atoms with E-state index < -0.39 is 10.0 Å². The molecular weight excluding hydrogens is 324 g/mol. The van der Waals surface area contributed by atoms with Gasteiger partial charge >= 0.3 is 0 Å². The summed E-state index contributed by atoms with van der Waals surface area (Å²) in [7, 11) is -3.54. The van der Waals surface area contributed by atoms with Crippen molar-refractivity contribution in [2.45, 2.75) is 52.5 Å². The van der Waals surface area contributed by atoms with Crippen molar-refractivity contribution in [3.8, 4) is 0 Å². The summed E-state index contributed by atoms with van der Waals surface area (Å²) < 4.78 is 26.0. The topological polar surface area (TPSA) is 57.7 Å². The number of rotatable bonds is 5. The summed E-state index contributed by atoms with van der Waals surface area (Å²) >= 11 is 0. The van der Waals surface area contributed by atoms with Crippen LogP contribution in [0.5, 0.6) is 0 Å². The Morgan fingerprint density at radius 3 is 2.42 bits per heavy atom. The van der Waals surface area contributed by atoms with Gasteiger partial charge in [-0.2, -0.15) is 0 Å². The summed E-state index contributed by atoms with van der Waals surface area (Å²) in [5.74, 6) is -0.102. The quantitative estimate of drug-likeness (QED) is 0.819. The Bertz CT molecular complexity index is 680. The molecule has 0 saturated carbocycles. The third kappa shape index (κ3) is 4.09. The Morgan fingerprint density at radius 1 is 1.25 bits per heavy atom. The minimum atomic E-state index is -3.54. The van der Waals surface area contributed by atoms with Crippen LogP contribution in [0, 0.1) is 13.8 Å². The zero-order valence-electron chi connectivity index (χ0n) is 15.1. The number of amides is 1. The Kier molecular flexibility index (Phi) is 5.91. The Hall–Kier alpha value is -1.56. The first-order valence-electron chi connectivity index (χ1n) is 8.59. The van der Waals surface area contributed by atoms with Gasteiger partial charge in [-0.15, -0.1) is 0 Å². The van der Waals surface area contributed by atoms with Gasteiger partial charge in [0.15, 0.2) is 0 Å². The summed E-state index contributed by atoms with van der Waals surface area (Å²) in [5.41, 5.74) is 2.34. The molecule has 5 nitrogen and oxygen atoms in total. The molecule has 1 amide bonds. The average Bonchev–Trinajstić information content (AvgIpc) is 2.52. The monoisotopic (exact) mass is 352 g/mol. The number of likely N-dealkylation sites (tertiary alicyclic amines) is 1. The molecule has 6 heteroatoms. The highest BCUT2D eigenvalue weighted by Gasteiger charge is 2.30. The van der Waals surface area contributed by atoms with E-state index in [1.54, 1.807) is 0 Å². The predicted octanol–water partition coefficient (Wildman–Crippen LogP) is 2.86. The molecule has 0 aromatic heterocycles. The van der Waals surface area contributed by atoms with Crippen molar-refractivity contribution in [1.82, 2.24) is 4.90 Å². The van der Waals surface area contributed by atoms with Gasteiger partial charge in [-0.05, 0) is 50.7 Å². The molecule has 2 rings (SSSR count). The number of piperidine rings is 1. The highest BCUT2D eigenvalue weighted by molar-refractivity contribution is 7.92. The number of anilines is 1. The lowest BCUT2D eigenvalue weighted by Crippen LogP contribution is -2.49. The van der Waals surface area contributed by atoms with Gasteiger partial charge in [-0.25, -0.2) is 8.42 Å². The molecular formula is C18H28N2O3S. The summed E-state index contributed by atoms with van der Waals surface area (Å²) in [6.45, 7) is 6.43. The largest absolute Gasteiger partial charge is 0.338 e. The molecule has 134 valence electrons. The fourth-order valence-corrected chi connectivity index (χ4v) is 4.49. The van der Waals surface area contributed by atoms with E-state index in [1.807, 2.05) is 36.9 Å². The van der Waals surface area contributed by atoms with Crippen molar-refractivity contribution in [3.05, 3.63) is 29.3 Å². The van der Waals surface area contributed by atoms with Crippen molar-refractivity contribution < 1.29 is 13.2 Å². The van der Waals surface area contributed by atoms with Gasteiger partial charge in [0.25, 0.3) is 0 Å². The van der Waals surface area contributed by atoms with E-state index in [0.717, 1.165) is 43.4 Å². The van der Waals surface area contributed by atoms with Crippen LogP contribution in [0.25, 0.3) is 0 Å². The van der Waals surface area contributed by atoms with Crippen LogP contribution in [0.4, 0.5) is 5.69 Å². The molecule has 1 saturated heterocycles. The molecule has 0 aliphatic carbocycles. The molecule has 1 fully saturated rings. The van der Waals surface area contributed by atoms with Crippen LogP contribution in [0.15, 0.2) is 18.2 Å². The summed E-state index contributed by atoms with van der Waals surface area (Å²) in [5, 5.41) is 0. The highest BCUT2D eigenvalue weighted by Crippen LogP contribution is 2.27. The molecule has 0 radical (unpaired) electrons. The number of nitrogens with zero attached hydrogens (tertiary/aromatic N) is 2. The molecule has 24 heavy (non-hydrogen) atoms. The fourth-order valence-electron chi connectivity index (χ4n) is 3.53. The normalized spacial score (nSPS) is 18.5. The maximum absolute atomic E-state index is 12.8. The van der Waals surface area contributed by atoms with Crippen LogP contribution >= 0.6 is 0 Å². The zero-order chi connectivity index (χ0) is 17.9. The highest BCUT2D eigenvalue weighted by atomic mass is 32.2. The van der Waals surface area contributed by atoms with Gasteiger partial charge in [0, 0.05) is 12.6 Å². The van der Waals surface area contributed by atoms with Crippen LogP contribution in [0.1, 0.15) is 43.7 Å². The van der Waals surface area contributed by atoms with E-state index in [0.29, 0.717) is 5.69 Å². The van der Waals surface area contributed by atoms with Crippen molar-refractivity contribution in [1.29, 1.82) is 0 Å². The van der Waals surface area contributed by atoms with Gasteiger partial charge in [0.05, 0.1) is 11.9 Å². The summed E-state index contributed by atoms with van der Waals surface area (Å²) in [6.07, 6.45) is 5.21. The SMILES string of the molecule is CCC1CCCCN1C(=O)CN(c1c(C)cccc1C)S(C)(=O)=O. The first kappa shape index (κ1) is 18.8. The van der Waals surface area contributed by atoms with E-state index >= 15 is 0 Å². The van der Waals surface area contributed by atoms with E-state index in [2.05, 4.69) is 6.92 Å². The van der Waals surface area contributed by atoms with Crippen LogP contribution in [0.3, 0.4) is 0 Å². The molecule has 1 aromatic carbocycles. The lowest BCUT2D eigenvalue weighted by atomic mass is 10.00. The Morgan fingerprint density at radius 2 is 1.88 bits per heavy atom. The van der Waals surface area contributed by atoms with Gasteiger partial charge < -0.3 is 4.90 Å². The molecule has 1 aromatic rings. The number of sulfonamides is 1. The van der Waals surface area contributed by atoms with Crippen molar-refractivity contribution in [2.75, 3.05) is 23.7 Å². The van der Waals surface area contributed by atoms with Crippen molar-refractivity contribution in [2.24, 2.45) is 0 Å². The third-order valence-electron chi connectivity index (χ3n) is 4.79. The second-order valence-electron chi connectivity index (χ2n) is 6.66. The first-order valence-corrected chi connectivity index (χ1v) is 10.4. The zero-order valence-corrected chi connectivity index (χ0v) is 15.9. The molecule has 0 N–H and O–H groups in total. The molecule has 1 unspecified atom stereocenters. The van der Waals surface area contributed by atoms with Gasteiger partial charge in [-0.1, -0.05) is 25.1 Å². The third-order valence-corrected chi connectivity index (χ3v) is 5.90. The molecule has 0 bridgehead atoms. The number of hydrogen-bond donors (Lipinski definition) is 0. The van der Waals surface area contributed by atoms with Crippen LogP contribution < -0.4 is 4.31 Å². The number of benzene rings is 1. The Labute approximate surface area is 145 Å². The standard InChI is InChI=1S/C18H28N2O3S/c1-5-16-11-6-7-12-19(16)17(21)13-20(24(4,22)23)18-14(2)9-8-10-15(18)3/h8-10,16H,5-7,11-13H2,1-4H3. The number of carbonyl (C=O) groups excluding carboxylic acids is 1. The molecule has 1 atom stereocenters. The average molecular weight is 353 g/mol. The summed E-state index contributed by atoms with van der Waals surface area (Å²) in [4.78, 5) is 14.7. The fraction of sp³-hybridized carbons (Fsp3) is 0.611. The lowest BCUT2D eigenvalue weighted by Gasteiger charge is -2.37. The Balaban J connectivity index is 2.32. The first-order chi connectivity index (χ1) is 11.3. The molecule has 0 spiro atoms. The smallest absolute Gasteiger partial charge is 0.243 e. The number of aryl methyl sites for hydroxylation is 2. The maximum Gasteiger partial charge on any atom is 0.243 e. The van der Waals surface area contributed by atoms with E-state index in [4.69, 9.17) is 0 Å². The molecule has 1 aliphatic rings. The van der Waals surface area contributed by atoms with Gasteiger partial charge in [0.2, 0.25) is 15.9 Å². The lowest BCUT2D eigenvalue weighted by molar-refractivity contribution is -0.133. The van der Waals surface area contributed by atoms with Crippen molar-refractivity contribution in [3.63, 3.8) is 0 Å². The van der Waals surface area contributed by atoms with Crippen LogP contribution in [0.2, 0.25) is 0 Å². The molecule has 1 aliphatic heterocycles. The summed E-state index contributed by atoms with van der Waals surface area (Å²) in [6, 6.07) is 5.88. The number of carbonyl (C=O) groups is 1. The van der Waals surface area contributed by atoms with Gasteiger partial charge in [0.1, 0.15) is 6.54 Å². The van der Waals surface area contributed by atoms with Crippen LogP contribution in [-0.2, 0) is 14.8 Å². The number of hydrogen-bond acceptors (Lipinski definition) is 3. The molecule has 1 heterocycles. The van der Waals surface area contributed by atoms with Crippen molar-refractivity contribution >= 4 is 21.6 Å². The van der Waals surface area contributed by atoms with Crippen LogP contribution in [-0.4, -0.2) is 44.6 Å². The van der Waals surface area contributed by atoms with E-state index in [1.165, 1.54) is 10.6 Å².